The van der Waals surface area contributed by atoms with Crippen LogP contribution < -0.4 is 11.5 Å². The molecule has 6 heteroatoms. The number of nitrogens with two attached hydrogens (primary N) is 2. The second kappa shape index (κ2) is 3.59. The summed E-state index contributed by atoms with van der Waals surface area (Å²) in [6.45, 7) is 0.482. The van der Waals surface area contributed by atoms with Gasteiger partial charge in [-0.1, -0.05) is 6.07 Å². The van der Waals surface area contributed by atoms with Crippen molar-refractivity contribution in [2.24, 2.45) is 16.5 Å². The second-order valence-corrected chi connectivity index (χ2v) is 3.36. The van der Waals surface area contributed by atoms with Crippen LogP contribution in [0.5, 0.6) is 0 Å². The largest absolute Gasteiger partial charge is 0.370 e. The molecule has 4 N–H and O–H groups in total. The molecular formula is C8H9N5S. The minimum Gasteiger partial charge on any atom is -0.370 e. The van der Waals surface area contributed by atoms with Gasteiger partial charge >= 0.3 is 0 Å². The van der Waals surface area contributed by atoms with Crippen molar-refractivity contribution in [3.8, 4) is 0 Å². The lowest BCUT2D eigenvalue weighted by Gasteiger charge is -1.96. The van der Waals surface area contributed by atoms with Crippen molar-refractivity contribution in [2.75, 3.05) is 0 Å². The van der Waals surface area contributed by atoms with Crippen molar-refractivity contribution in [1.29, 1.82) is 0 Å². The third-order valence-electron chi connectivity index (χ3n) is 1.76. The van der Waals surface area contributed by atoms with Crippen LogP contribution in [-0.2, 0) is 6.54 Å². The third kappa shape index (κ3) is 1.80. The molecule has 0 fully saturated rings. The van der Waals surface area contributed by atoms with Gasteiger partial charge in [-0.15, -0.1) is 0 Å². The van der Waals surface area contributed by atoms with Gasteiger partial charge in [0.15, 0.2) is 5.96 Å². The number of hydrogen-bond acceptors (Lipinski definition) is 4. The van der Waals surface area contributed by atoms with Crippen molar-refractivity contribution in [1.82, 2.24) is 8.75 Å². The van der Waals surface area contributed by atoms with Crippen molar-refractivity contribution >= 4 is 28.7 Å². The zero-order valence-electron chi connectivity index (χ0n) is 7.34. The van der Waals surface area contributed by atoms with Crippen LogP contribution in [0.2, 0.25) is 0 Å². The van der Waals surface area contributed by atoms with E-state index in [4.69, 9.17) is 11.5 Å². The Kier molecular flexibility index (Phi) is 2.28. The molecule has 0 aliphatic carbocycles. The summed E-state index contributed by atoms with van der Waals surface area (Å²) in [5, 5.41) is 0. The van der Waals surface area contributed by atoms with Crippen LogP contribution in [0.3, 0.4) is 0 Å². The van der Waals surface area contributed by atoms with Crippen molar-refractivity contribution in [3.63, 3.8) is 0 Å². The molecule has 0 saturated heterocycles. The van der Waals surface area contributed by atoms with E-state index in [1.165, 1.54) is 11.7 Å². The zero-order chi connectivity index (χ0) is 9.97. The molecule has 1 aromatic heterocycles. The number of guanidine groups is 1. The van der Waals surface area contributed by atoms with Gasteiger partial charge in [0, 0.05) is 0 Å². The van der Waals surface area contributed by atoms with E-state index in [-0.39, 0.29) is 5.96 Å². The van der Waals surface area contributed by atoms with Gasteiger partial charge in [0.05, 0.1) is 18.3 Å². The normalized spacial score (nSPS) is 10.3. The van der Waals surface area contributed by atoms with Gasteiger partial charge in [-0.3, -0.25) is 0 Å². The van der Waals surface area contributed by atoms with Gasteiger partial charge in [0.1, 0.15) is 11.0 Å². The number of aliphatic imine (C=N–C) groups is 1. The fraction of sp³-hybridized carbons (Fsp3) is 0.125. The SMILES string of the molecule is NC(N)=NCc1ccc2nsnc2c1. The number of nitrogens with zero attached hydrogens (tertiary/aromatic N) is 3. The molecule has 2 aromatic rings. The Morgan fingerprint density at radius 3 is 2.86 bits per heavy atom. The van der Waals surface area contributed by atoms with E-state index in [1.807, 2.05) is 18.2 Å². The first-order chi connectivity index (χ1) is 6.75. The van der Waals surface area contributed by atoms with E-state index in [0.29, 0.717) is 6.54 Å². The average molecular weight is 207 g/mol. The second-order valence-electron chi connectivity index (χ2n) is 2.83. The summed E-state index contributed by atoms with van der Waals surface area (Å²) in [7, 11) is 0. The van der Waals surface area contributed by atoms with E-state index < -0.39 is 0 Å². The minimum absolute atomic E-state index is 0.0986. The Hall–Kier alpha value is -1.69. The molecule has 2 rings (SSSR count). The lowest BCUT2D eigenvalue weighted by molar-refractivity contribution is 1.06. The molecular weight excluding hydrogens is 198 g/mol. The maximum atomic E-state index is 5.23. The predicted molar refractivity (Wildman–Crippen MR) is 56.9 cm³/mol. The van der Waals surface area contributed by atoms with E-state index in [0.717, 1.165) is 16.6 Å². The number of rotatable bonds is 2. The van der Waals surface area contributed by atoms with Crippen LogP contribution in [0.25, 0.3) is 11.0 Å². The van der Waals surface area contributed by atoms with Crippen LogP contribution in [0.1, 0.15) is 5.56 Å². The summed E-state index contributed by atoms with van der Waals surface area (Å²) in [5.41, 5.74) is 13.3. The summed E-state index contributed by atoms with van der Waals surface area (Å²) < 4.78 is 8.23. The maximum absolute atomic E-state index is 5.23. The van der Waals surface area contributed by atoms with Gasteiger partial charge in [0.2, 0.25) is 0 Å². The highest BCUT2D eigenvalue weighted by Crippen LogP contribution is 2.13. The van der Waals surface area contributed by atoms with Crippen LogP contribution in [-0.4, -0.2) is 14.7 Å². The van der Waals surface area contributed by atoms with Crippen LogP contribution >= 0.6 is 11.7 Å². The Balaban J connectivity index is 2.30. The molecule has 0 spiro atoms. The Morgan fingerprint density at radius 1 is 1.29 bits per heavy atom. The van der Waals surface area contributed by atoms with Gasteiger partial charge in [-0.25, -0.2) is 4.99 Å². The topological polar surface area (TPSA) is 90.2 Å². The number of fused-ring (bicyclic) bond motifs is 1. The molecule has 1 aromatic carbocycles. The lowest BCUT2D eigenvalue weighted by atomic mass is 10.2. The molecule has 0 aliphatic rings. The van der Waals surface area contributed by atoms with Gasteiger partial charge in [-0.05, 0) is 17.7 Å². The third-order valence-corrected chi connectivity index (χ3v) is 2.32. The monoisotopic (exact) mass is 207 g/mol. The van der Waals surface area contributed by atoms with E-state index in [1.54, 1.807) is 0 Å². The van der Waals surface area contributed by atoms with E-state index in [9.17, 15) is 0 Å². The Labute approximate surface area is 84.8 Å². The molecule has 0 radical (unpaired) electrons. The highest BCUT2D eigenvalue weighted by atomic mass is 32.1. The first-order valence-electron chi connectivity index (χ1n) is 4.02. The molecule has 0 saturated carbocycles. The quantitative estimate of drug-likeness (QED) is 0.553. The average Bonchev–Trinajstić information content (AvgIpc) is 2.61. The molecule has 0 atom stereocenters. The lowest BCUT2D eigenvalue weighted by Crippen LogP contribution is -2.22. The van der Waals surface area contributed by atoms with Gasteiger partial charge < -0.3 is 11.5 Å². The van der Waals surface area contributed by atoms with Crippen molar-refractivity contribution in [3.05, 3.63) is 23.8 Å². The number of hydrogen-bond donors (Lipinski definition) is 2. The van der Waals surface area contributed by atoms with Gasteiger partial charge in [0.25, 0.3) is 0 Å². The first-order valence-corrected chi connectivity index (χ1v) is 4.75. The molecule has 0 aliphatic heterocycles. The molecule has 72 valence electrons. The summed E-state index contributed by atoms with van der Waals surface area (Å²) in [5.74, 6) is 0.0986. The Bertz CT molecular complexity index is 471. The van der Waals surface area contributed by atoms with Crippen molar-refractivity contribution in [2.45, 2.75) is 6.54 Å². The highest BCUT2D eigenvalue weighted by Gasteiger charge is 1.99. The fourth-order valence-corrected chi connectivity index (χ4v) is 1.63. The molecule has 14 heavy (non-hydrogen) atoms. The molecule has 5 nitrogen and oxygen atoms in total. The number of aromatic nitrogens is 2. The summed E-state index contributed by atoms with van der Waals surface area (Å²) in [4.78, 5) is 3.91. The fourth-order valence-electron chi connectivity index (χ4n) is 1.11. The maximum Gasteiger partial charge on any atom is 0.186 e. The molecule has 1 heterocycles. The Morgan fingerprint density at radius 2 is 2.07 bits per heavy atom. The molecule has 0 unspecified atom stereocenters. The predicted octanol–water partition coefficient (Wildman–Crippen LogP) is 0.465. The van der Waals surface area contributed by atoms with Crippen molar-refractivity contribution < 1.29 is 0 Å². The van der Waals surface area contributed by atoms with Crippen LogP contribution in [0, 0.1) is 0 Å². The van der Waals surface area contributed by atoms with Crippen LogP contribution in [0.15, 0.2) is 23.2 Å². The van der Waals surface area contributed by atoms with E-state index >= 15 is 0 Å². The summed E-state index contributed by atoms with van der Waals surface area (Å²) in [6, 6.07) is 5.79. The summed E-state index contributed by atoms with van der Waals surface area (Å²) >= 11 is 1.20. The molecule has 0 amide bonds. The summed E-state index contributed by atoms with van der Waals surface area (Å²) in [6.07, 6.45) is 0. The highest BCUT2D eigenvalue weighted by molar-refractivity contribution is 7.00. The molecule has 0 bridgehead atoms. The van der Waals surface area contributed by atoms with E-state index in [2.05, 4.69) is 13.7 Å². The standard InChI is InChI=1S/C8H9N5S/c9-8(10)11-4-5-1-2-6-7(3-5)13-14-12-6/h1-3H,4H2,(H4,9,10,11). The first kappa shape index (κ1) is 8.89. The number of benzene rings is 1. The smallest absolute Gasteiger partial charge is 0.186 e. The van der Waals surface area contributed by atoms with Crippen LogP contribution in [0.4, 0.5) is 0 Å². The zero-order valence-corrected chi connectivity index (χ0v) is 8.16. The minimum atomic E-state index is 0.0986. The van der Waals surface area contributed by atoms with Gasteiger partial charge in [-0.2, -0.15) is 8.75 Å².